The minimum atomic E-state index is -6.46. The highest BCUT2D eigenvalue weighted by Gasteiger charge is 2.63. The normalized spacial score (nSPS) is 17.8. The van der Waals surface area contributed by atoms with Gasteiger partial charge in [-0.1, -0.05) is 0 Å². The highest BCUT2D eigenvalue weighted by molar-refractivity contribution is 4.79. The molecule has 0 aliphatic heterocycles. The molecule has 0 fully saturated rings. The van der Waals surface area contributed by atoms with Gasteiger partial charge in [0.1, 0.15) is 6.61 Å². The average molecular weight is 398 g/mol. The number of halogens is 14. The van der Waals surface area contributed by atoms with Crippen LogP contribution in [0.3, 0.4) is 0 Å². The summed E-state index contributed by atoms with van der Waals surface area (Å²) in [7, 11) is 0. The minimum Gasteiger partial charge on any atom is -0.338 e. The van der Waals surface area contributed by atoms with Gasteiger partial charge in [0.05, 0.1) is 0 Å². The summed E-state index contributed by atoms with van der Waals surface area (Å²) in [6.45, 7) is -3.22. The lowest BCUT2D eigenvalue weighted by Crippen LogP contribution is -2.51. The van der Waals surface area contributed by atoms with Gasteiger partial charge in [0.15, 0.2) is 0 Å². The number of rotatable bonds is 6. The fourth-order valence-electron chi connectivity index (χ4n) is 0.850. The van der Waals surface area contributed by atoms with Gasteiger partial charge in [0, 0.05) is 0 Å². The third-order valence-corrected chi connectivity index (χ3v) is 1.94. The molecule has 0 aliphatic rings. The van der Waals surface area contributed by atoms with E-state index in [0.29, 0.717) is 0 Å². The van der Waals surface area contributed by atoms with E-state index in [0.717, 1.165) is 0 Å². The molecule has 0 N–H and O–H groups in total. The Hall–Kier alpha value is -1.06. The standard InChI is InChI=1S/C8H4F14O2/c9-2(5(12,13)14)7(18,19)24-3(6(15,16)17)23-1-4(10,11)8(20,21)22/h2-3H,1H2. The number of ether oxygens (including phenoxy) is 2. The van der Waals surface area contributed by atoms with Crippen LogP contribution in [0.4, 0.5) is 61.5 Å². The smallest absolute Gasteiger partial charge is 0.338 e. The third-order valence-electron chi connectivity index (χ3n) is 1.94. The van der Waals surface area contributed by atoms with Gasteiger partial charge < -0.3 is 4.74 Å². The van der Waals surface area contributed by atoms with Crippen molar-refractivity contribution in [3.05, 3.63) is 0 Å². The lowest BCUT2D eigenvalue weighted by Gasteiger charge is -2.29. The molecule has 0 heterocycles. The van der Waals surface area contributed by atoms with Gasteiger partial charge in [0.25, 0.3) is 12.5 Å². The summed E-state index contributed by atoms with van der Waals surface area (Å²) in [4.78, 5) is 0. The zero-order chi connectivity index (χ0) is 19.8. The van der Waals surface area contributed by atoms with Gasteiger partial charge >= 0.3 is 30.6 Å². The zero-order valence-corrected chi connectivity index (χ0v) is 10.5. The summed E-state index contributed by atoms with van der Waals surface area (Å²) >= 11 is 0. The second-order valence-electron chi connectivity index (χ2n) is 3.97. The highest BCUT2D eigenvalue weighted by atomic mass is 19.4. The van der Waals surface area contributed by atoms with Crippen LogP contribution in [-0.4, -0.2) is 49.6 Å². The molecule has 0 radical (unpaired) electrons. The van der Waals surface area contributed by atoms with Gasteiger partial charge in [0.2, 0.25) is 0 Å². The van der Waals surface area contributed by atoms with Crippen LogP contribution in [0.1, 0.15) is 0 Å². The highest BCUT2D eigenvalue weighted by Crippen LogP contribution is 2.40. The molecule has 146 valence electrons. The van der Waals surface area contributed by atoms with E-state index in [9.17, 15) is 61.5 Å². The molecule has 24 heavy (non-hydrogen) atoms. The van der Waals surface area contributed by atoms with Gasteiger partial charge in [-0.15, -0.1) is 0 Å². The van der Waals surface area contributed by atoms with Crippen molar-refractivity contribution >= 4 is 0 Å². The van der Waals surface area contributed by atoms with Crippen molar-refractivity contribution in [1.29, 1.82) is 0 Å². The van der Waals surface area contributed by atoms with Crippen molar-refractivity contribution in [3.63, 3.8) is 0 Å². The first-order chi connectivity index (χ1) is 10.2. The van der Waals surface area contributed by atoms with Gasteiger partial charge in [-0.3, -0.25) is 4.74 Å². The summed E-state index contributed by atoms with van der Waals surface area (Å²) < 4.78 is 174. The van der Waals surface area contributed by atoms with Crippen molar-refractivity contribution < 1.29 is 70.9 Å². The Labute approximate surface area is 122 Å². The molecule has 0 rings (SSSR count). The molecule has 0 saturated heterocycles. The second kappa shape index (κ2) is 6.68. The molecule has 16 heteroatoms. The zero-order valence-electron chi connectivity index (χ0n) is 10.5. The Morgan fingerprint density at radius 3 is 1.38 bits per heavy atom. The first-order valence-electron chi connectivity index (χ1n) is 5.11. The molecule has 0 saturated carbocycles. The van der Waals surface area contributed by atoms with Crippen LogP contribution in [0.25, 0.3) is 0 Å². The van der Waals surface area contributed by atoms with Crippen molar-refractivity contribution in [3.8, 4) is 0 Å². The van der Waals surface area contributed by atoms with Gasteiger partial charge in [-0.25, -0.2) is 4.39 Å². The molecule has 0 aromatic carbocycles. The maximum atomic E-state index is 12.6. The second-order valence-corrected chi connectivity index (χ2v) is 3.97. The van der Waals surface area contributed by atoms with E-state index in [1.54, 1.807) is 0 Å². The fourth-order valence-corrected chi connectivity index (χ4v) is 0.850. The summed E-state index contributed by atoms with van der Waals surface area (Å²) in [5.74, 6) is -5.98. The quantitative estimate of drug-likeness (QED) is 0.481. The Morgan fingerprint density at radius 2 is 1.08 bits per heavy atom. The largest absolute Gasteiger partial charge is 0.455 e. The minimum absolute atomic E-state index is 2.32. The molecule has 0 amide bonds. The number of hydrogen-bond donors (Lipinski definition) is 0. The molecule has 2 unspecified atom stereocenters. The maximum Gasteiger partial charge on any atom is 0.455 e. The van der Waals surface area contributed by atoms with Gasteiger partial charge in [-0.05, 0) is 0 Å². The van der Waals surface area contributed by atoms with Crippen molar-refractivity contribution in [2.24, 2.45) is 0 Å². The van der Waals surface area contributed by atoms with Crippen LogP contribution in [-0.2, 0) is 9.47 Å². The van der Waals surface area contributed by atoms with Gasteiger partial charge in [-0.2, -0.15) is 57.1 Å². The first kappa shape index (κ1) is 22.9. The number of hydrogen-bond acceptors (Lipinski definition) is 2. The van der Waals surface area contributed by atoms with Crippen LogP contribution < -0.4 is 0 Å². The molecule has 0 aromatic rings. The summed E-state index contributed by atoms with van der Waals surface area (Å²) in [5, 5.41) is 0. The van der Waals surface area contributed by atoms with Crippen LogP contribution >= 0.6 is 0 Å². The van der Waals surface area contributed by atoms with Crippen LogP contribution in [0.15, 0.2) is 0 Å². The SMILES string of the molecule is FC(C(F)(F)F)C(F)(F)OC(OCC(F)(F)C(F)(F)F)C(F)(F)F. The maximum absolute atomic E-state index is 12.6. The van der Waals surface area contributed by atoms with Crippen LogP contribution in [0, 0.1) is 0 Å². The lowest BCUT2D eigenvalue weighted by atomic mass is 10.3. The van der Waals surface area contributed by atoms with E-state index in [4.69, 9.17) is 0 Å². The molecule has 0 spiro atoms. The third kappa shape index (κ3) is 6.10. The average Bonchev–Trinajstić information content (AvgIpc) is 2.29. The van der Waals surface area contributed by atoms with Crippen molar-refractivity contribution in [2.45, 2.75) is 43.0 Å². The summed E-state index contributed by atoms with van der Waals surface area (Å²) in [6, 6.07) is 0. The molecule has 0 bridgehead atoms. The topological polar surface area (TPSA) is 18.5 Å². The van der Waals surface area contributed by atoms with Crippen LogP contribution in [0.5, 0.6) is 0 Å². The summed E-state index contributed by atoms with van der Waals surface area (Å²) in [6.07, 6.45) is -35.5. The van der Waals surface area contributed by atoms with E-state index in [-0.39, 0.29) is 0 Å². The first-order valence-corrected chi connectivity index (χ1v) is 5.11. The molecule has 0 aliphatic carbocycles. The fraction of sp³-hybridized carbons (Fsp3) is 1.00. The Bertz CT molecular complexity index is 406. The van der Waals surface area contributed by atoms with E-state index in [2.05, 4.69) is 9.47 Å². The summed E-state index contributed by atoms with van der Waals surface area (Å²) in [5.41, 5.74) is 0. The molecular formula is C8H4F14O2. The Kier molecular flexibility index (Phi) is 6.39. The van der Waals surface area contributed by atoms with Crippen molar-refractivity contribution in [1.82, 2.24) is 0 Å². The van der Waals surface area contributed by atoms with E-state index in [1.807, 2.05) is 0 Å². The lowest BCUT2D eigenvalue weighted by molar-refractivity contribution is -0.427. The van der Waals surface area contributed by atoms with Crippen molar-refractivity contribution in [2.75, 3.05) is 6.61 Å². The van der Waals surface area contributed by atoms with E-state index in [1.165, 1.54) is 0 Å². The number of alkyl halides is 14. The Morgan fingerprint density at radius 1 is 0.667 bits per heavy atom. The molecule has 2 atom stereocenters. The molecular weight excluding hydrogens is 394 g/mol. The molecule has 2 nitrogen and oxygen atoms in total. The Balaban J connectivity index is 5.26. The predicted molar refractivity (Wildman–Crippen MR) is 43.8 cm³/mol. The molecule has 0 aromatic heterocycles. The van der Waals surface area contributed by atoms with E-state index < -0.39 is 49.6 Å². The monoisotopic (exact) mass is 398 g/mol. The predicted octanol–water partition coefficient (Wildman–Crippen LogP) is 4.60. The van der Waals surface area contributed by atoms with E-state index >= 15 is 0 Å². The van der Waals surface area contributed by atoms with Crippen LogP contribution in [0.2, 0.25) is 0 Å².